The van der Waals surface area contributed by atoms with E-state index < -0.39 is 0 Å². The zero-order valence-electron chi connectivity index (χ0n) is 16.3. The van der Waals surface area contributed by atoms with Gasteiger partial charge in [0.25, 0.3) is 0 Å². The molecule has 0 heterocycles. The molecule has 0 spiro atoms. The number of oxime groups is 1. The Labute approximate surface area is 157 Å². The van der Waals surface area contributed by atoms with Crippen molar-refractivity contribution in [3.8, 4) is 0 Å². The van der Waals surface area contributed by atoms with Crippen molar-refractivity contribution in [1.29, 1.82) is 0 Å². The average molecular weight is 370 g/mol. The fourth-order valence-electron chi connectivity index (χ4n) is 3.11. The van der Waals surface area contributed by atoms with Crippen LogP contribution in [0.4, 0.5) is 0 Å². The Hall–Kier alpha value is -0.970. The lowest BCUT2D eigenvalue weighted by Gasteiger charge is -2.26. The molecular formula is C20H35NO3S. The second-order valence-corrected chi connectivity index (χ2v) is 8.46. The van der Waals surface area contributed by atoms with Gasteiger partial charge in [0.05, 0.1) is 11.3 Å². The zero-order chi connectivity index (χ0) is 18.7. The van der Waals surface area contributed by atoms with Crippen LogP contribution in [0.15, 0.2) is 16.5 Å². The molecule has 0 bridgehead atoms. The minimum atomic E-state index is 0.0210. The van der Waals surface area contributed by atoms with Gasteiger partial charge in [-0.3, -0.25) is 4.79 Å². The van der Waals surface area contributed by atoms with E-state index in [9.17, 15) is 9.90 Å². The molecule has 2 atom stereocenters. The van der Waals surface area contributed by atoms with Crippen molar-refractivity contribution in [2.75, 3.05) is 12.4 Å². The number of carbonyl (C=O) groups excluding carboxylic acids is 1. The fourth-order valence-corrected chi connectivity index (χ4v) is 4.16. The quantitative estimate of drug-likeness (QED) is 0.273. The number of rotatable bonds is 12. The molecule has 1 aliphatic rings. The third-order valence-corrected chi connectivity index (χ3v) is 5.74. The highest BCUT2D eigenvalue weighted by atomic mass is 32.2. The minimum absolute atomic E-state index is 0.0210. The number of Topliss-reactive ketones (excluding diaryl/α,β-unsaturated/α-hetero) is 1. The Morgan fingerprint density at radius 3 is 2.64 bits per heavy atom. The van der Waals surface area contributed by atoms with Gasteiger partial charge in [0, 0.05) is 18.1 Å². The monoisotopic (exact) mass is 369 g/mol. The van der Waals surface area contributed by atoms with Gasteiger partial charge < -0.3 is 9.94 Å². The van der Waals surface area contributed by atoms with E-state index in [1.54, 1.807) is 0 Å². The Balaban J connectivity index is 2.77. The molecule has 0 saturated heterocycles. The molecule has 2 unspecified atom stereocenters. The van der Waals surface area contributed by atoms with Crippen molar-refractivity contribution in [3.63, 3.8) is 0 Å². The summed E-state index contributed by atoms with van der Waals surface area (Å²) in [7, 11) is 0. The predicted octanol–water partition coefficient (Wildman–Crippen LogP) is 5.67. The Kier molecular flexibility index (Phi) is 10.9. The van der Waals surface area contributed by atoms with Crippen LogP contribution in [0.2, 0.25) is 0 Å². The second kappa shape index (κ2) is 12.4. The molecule has 0 amide bonds. The number of thioether (sulfide) groups is 1. The summed E-state index contributed by atoms with van der Waals surface area (Å²) >= 11 is 1.95. The Morgan fingerprint density at radius 2 is 2.04 bits per heavy atom. The molecule has 5 heteroatoms. The summed E-state index contributed by atoms with van der Waals surface area (Å²) in [6, 6.07) is 0. The van der Waals surface area contributed by atoms with Crippen molar-refractivity contribution in [2.24, 2.45) is 11.1 Å². The van der Waals surface area contributed by atoms with Crippen LogP contribution in [0.3, 0.4) is 0 Å². The molecule has 1 aliphatic carbocycles. The zero-order valence-corrected chi connectivity index (χ0v) is 17.2. The van der Waals surface area contributed by atoms with E-state index in [1.807, 2.05) is 18.7 Å². The van der Waals surface area contributed by atoms with Gasteiger partial charge in [-0.25, -0.2) is 0 Å². The van der Waals surface area contributed by atoms with E-state index in [0.29, 0.717) is 42.4 Å². The van der Waals surface area contributed by atoms with Crippen LogP contribution in [0.25, 0.3) is 0 Å². The molecule has 0 aromatic rings. The van der Waals surface area contributed by atoms with Crippen LogP contribution in [0, 0.1) is 5.92 Å². The highest BCUT2D eigenvalue weighted by Crippen LogP contribution is 2.33. The number of hydrogen-bond donors (Lipinski definition) is 1. The third-order valence-electron chi connectivity index (χ3n) is 4.33. The molecule has 0 radical (unpaired) electrons. The first-order valence-corrected chi connectivity index (χ1v) is 10.8. The predicted molar refractivity (Wildman–Crippen MR) is 107 cm³/mol. The number of allylic oxidation sites excluding steroid dienone is 2. The van der Waals surface area contributed by atoms with Crippen molar-refractivity contribution in [3.05, 3.63) is 11.3 Å². The molecule has 1 rings (SSSR count). The standard InChI is InChI=1S/C20H35NO3S/c1-5-8-10-24-21-17(9-6-2)20-18(22)13-16(14-19(20)23)12-15(4)25-11-7-3/h15-16,22H,5-14H2,1-4H3. The maximum atomic E-state index is 12.7. The van der Waals surface area contributed by atoms with Gasteiger partial charge >= 0.3 is 0 Å². The third kappa shape index (κ3) is 7.85. The number of ketones is 1. The van der Waals surface area contributed by atoms with E-state index in [0.717, 1.165) is 31.4 Å². The second-order valence-electron chi connectivity index (χ2n) is 6.91. The molecule has 25 heavy (non-hydrogen) atoms. The Morgan fingerprint density at radius 1 is 1.28 bits per heavy atom. The molecule has 4 nitrogen and oxygen atoms in total. The van der Waals surface area contributed by atoms with E-state index in [-0.39, 0.29) is 17.5 Å². The summed E-state index contributed by atoms with van der Waals surface area (Å²) in [5.74, 6) is 1.62. The van der Waals surface area contributed by atoms with E-state index in [1.165, 1.54) is 6.42 Å². The van der Waals surface area contributed by atoms with E-state index >= 15 is 0 Å². The van der Waals surface area contributed by atoms with E-state index in [2.05, 4.69) is 25.9 Å². The summed E-state index contributed by atoms with van der Waals surface area (Å²) < 4.78 is 0. The number of carbonyl (C=O) groups is 1. The number of aliphatic hydroxyl groups excluding tert-OH is 1. The molecule has 0 aliphatic heterocycles. The Bertz CT molecular complexity index is 474. The number of aliphatic hydroxyl groups is 1. The lowest BCUT2D eigenvalue weighted by molar-refractivity contribution is -0.116. The summed E-state index contributed by atoms with van der Waals surface area (Å²) in [5, 5.41) is 15.2. The average Bonchev–Trinajstić information content (AvgIpc) is 2.56. The van der Waals surface area contributed by atoms with Crippen LogP contribution in [0.1, 0.15) is 79.1 Å². The number of hydrogen-bond acceptors (Lipinski definition) is 5. The molecule has 144 valence electrons. The fraction of sp³-hybridized carbons (Fsp3) is 0.800. The summed E-state index contributed by atoms with van der Waals surface area (Å²) in [5.41, 5.74) is 1.04. The maximum absolute atomic E-state index is 12.7. The molecule has 0 fully saturated rings. The van der Waals surface area contributed by atoms with Gasteiger partial charge in [0.15, 0.2) is 5.78 Å². The highest BCUT2D eigenvalue weighted by Gasteiger charge is 2.31. The van der Waals surface area contributed by atoms with Crippen molar-refractivity contribution < 1.29 is 14.7 Å². The lowest BCUT2D eigenvalue weighted by atomic mass is 9.82. The first-order chi connectivity index (χ1) is 12.0. The smallest absolute Gasteiger partial charge is 0.168 e. The van der Waals surface area contributed by atoms with Gasteiger partial charge in [-0.05, 0) is 37.4 Å². The minimum Gasteiger partial charge on any atom is -0.511 e. The lowest BCUT2D eigenvalue weighted by Crippen LogP contribution is -2.26. The topological polar surface area (TPSA) is 58.9 Å². The maximum Gasteiger partial charge on any atom is 0.168 e. The first-order valence-electron chi connectivity index (χ1n) is 9.79. The number of unbranched alkanes of at least 4 members (excludes halogenated alkanes) is 1. The molecule has 0 saturated carbocycles. The number of nitrogens with zero attached hydrogens (tertiary/aromatic N) is 1. The van der Waals surface area contributed by atoms with Crippen LogP contribution in [-0.2, 0) is 9.63 Å². The van der Waals surface area contributed by atoms with Crippen molar-refractivity contribution in [1.82, 2.24) is 0 Å². The van der Waals surface area contributed by atoms with Gasteiger partial charge in [0.2, 0.25) is 0 Å². The van der Waals surface area contributed by atoms with Gasteiger partial charge in [-0.2, -0.15) is 11.8 Å². The summed E-state index contributed by atoms with van der Waals surface area (Å²) in [6.07, 6.45) is 6.74. The SMILES string of the molecule is CCCCON=C(CCC)C1=C(O)CC(CC(C)SCCC)CC1=O. The highest BCUT2D eigenvalue weighted by molar-refractivity contribution is 7.99. The largest absolute Gasteiger partial charge is 0.511 e. The molecule has 0 aromatic heterocycles. The normalized spacial score (nSPS) is 20.1. The molecule has 1 N–H and O–H groups in total. The molecule has 0 aromatic carbocycles. The first kappa shape index (κ1) is 22.1. The van der Waals surface area contributed by atoms with Crippen LogP contribution < -0.4 is 0 Å². The van der Waals surface area contributed by atoms with Crippen molar-refractivity contribution in [2.45, 2.75) is 84.3 Å². The van der Waals surface area contributed by atoms with Gasteiger partial charge in [0.1, 0.15) is 12.4 Å². The molecular weight excluding hydrogens is 334 g/mol. The van der Waals surface area contributed by atoms with Gasteiger partial charge in [-0.1, -0.05) is 45.7 Å². The summed E-state index contributed by atoms with van der Waals surface area (Å²) in [4.78, 5) is 18.0. The summed E-state index contributed by atoms with van der Waals surface area (Å²) in [6.45, 7) is 9.09. The van der Waals surface area contributed by atoms with Gasteiger partial charge in [-0.15, -0.1) is 0 Å². The van der Waals surface area contributed by atoms with E-state index in [4.69, 9.17) is 4.84 Å². The van der Waals surface area contributed by atoms with Crippen molar-refractivity contribution >= 4 is 23.3 Å². The van der Waals surface area contributed by atoms with Crippen LogP contribution in [-0.4, -0.2) is 34.2 Å². The van der Waals surface area contributed by atoms with Crippen LogP contribution >= 0.6 is 11.8 Å². The van der Waals surface area contributed by atoms with Crippen LogP contribution in [0.5, 0.6) is 0 Å².